The van der Waals surface area contributed by atoms with Gasteiger partial charge in [0.05, 0.1) is 12.1 Å². The lowest BCUT2D eigenvalue weighted by atomic mass is 10.1. The van der Waals surface area contributed by atoms with Gasteiger partial charge >= 0.3 is 0 Å². The highest BCUT2D eigenvalue weighted by atomic mass is 19.1. The molecule has 0 saturated heterocycles. The van der Waals surface area contributed by atoms with E-state index in [1.165, 1.54) is 18.5 Å². The Bertz CT molecular complexity index is 1080. The van der Waals surface area contributed by atoms with Crippen molar-refractivity contribution in [2.75, 3.05) is 18.0 Å². The average Bonchev–Trinajstić information content (AvgIpc) is 3.31. The second kappa shape index (κ2) is 5.27. The number of aromatic amines is 1. The van der Waals surface area contributed by atoms with Gasteiger partial charge in [0.15, 0.2) is 0 Å². The van der Waals surface area contributed by atoms with Gasteiger partial charge in [-0.05, 0) is 30.7 Å². The van der Waals surface area contributed by atoms with Crippen LogP contribution in [0.25, 0.3) is 21.8 Å². The van der Waals surface area contributed by atoms with Gasteiger partial charge in [0.25, 0.3) is 0 Å². The Kier molecular flexibility index (Phi) is 3.03. The standard InChI is InChI=1S/C18H15F2N5/c19-11-1-2-14-13(7-11)17-15(23-14)8-16-12(18(17)20)3-4-24(16)5-6-25-10-21-9-22-25/h1-2,7-10,23H,3-6H2. The number of benzene rings is 2. The van der Waals surface area contributed by atoms with Gasteiger partial charge in [-0.1, -0.05) is 0 Å². The topological polar surface area (TPSA) is 49.7 Å². The fraction of sp³-hybridized carbons (Fsp3) is 0.222. The molecule has 25 heavy (non-hydrogen) atoms. The van der Waals surface area contributed by atoms with Gasteiger partial charge in [0.1, 0.15) is 24.3 Å². The third-order valence-corrected chi connectivity index (χ3v) is 4.90. The first kappa shape index (κ1) is 14.4. The lowest BCUT2D eigenvalue weighted by molar-refractivity contribution is 0.601. The minimum Gasteiger partial charge on any atom is -0.369 e. The summed E-state index contributed by atoms with van der Waals surface area (Å²) in [6.07, 6.45) is 3.83. The number of aromatic nitrogens is 4. The zero-order valence-electron chi connectivity index (χ0n) is 13.3. The van der Waals surface area contributed by atoms with E-state index in [0.717, 1.165) is 24.3 Å². The van der Waals surface area contributed by atoms with Gasteiger partial charge in [-0.2, -0.15) is 5.10 Å². The fourth-order valence-corrected chi connectivity index (χ4v) is 3.71. The van der Waals surface area contributed by atoms with E-state index in [0.29, 0.717) is 34.8 Å². The Morgan fingerprint density at radius 1 is 1.12 bits per heavy atom. The molecule has 7 heteroatoms. The van der Waals surface area contributed by atoms with Crippen LogP contribution in [-0.2, 0) is 13.0 Å². The van der Waals surface area contributed by atoms with Gasteiger partial charge in [-0.3, -0.25) is 4.68 Å². The zero-order chi connectivity index (χ0) is 17.0. The first-order valence-electron chi connectivity index (χ1n) is 8.20. The second-order valence-electron chi connectivity index (χ2n) is 6.32. The van der Waals surface area contributed by atoms with Gasteiger partial charge in [0, 0.05) is 40.6 Å². The number of nitrogens with one attached hydrogen (secondary N) is 1. The van der Waals surface area contributed by atoms with Crippen LogP contribution in [-0.4, -0.2) is 32.8 Å². The van der Waals surface area contributed by atoms with Crippen molar-refractivity contribution in [3.63, 3.8) is 0 Å². The molecule has 1 N–H and O–H groups in total. The quantitative estimate of drug-likeness (QED) is 0.623. The van der Waals surface area contributed by atoms with E-state index in [1.54, 1.807) is 17.1 Å². The normalized spacial score (nSPS) is 13.9. The van der Waals surface area contributed by atoms with Crippen LogP contribution in [0.15, 0.2) is 36.9 Å². The summed E-state index contributed by atoms with van der Waals surface area (Å²) in [4.78, 5) is 9.30. The Morgan fingerprint density at radius 3 is 2.88 bits per heavy atom. The zero-order valence-corrected chi connectivity index (χ0v) is 13.3. The van der Waals surface area contributed by atoms with Crippen LogP contribution in [0.1, 0.15) is 5.56 Å². The predicted octanol–water partition coefficient (Wildman–Crippen LogP) is 3.25. The first-order valence-corrected chi connectivity index (χ1v) is 8.20. The molecule has 0 unspecified atom stereocenters. The van der Waals surface area contributed by atoms with Crippen LogP contribution in [0.5, 0.6) is 0 Å². The molecule has 0 bridgehead atoms. The van der Waals surface area contributed by atoms with Crippen molar-refractivity contribution in [2.45, 2.75) is 13.0 Å². The molecule has 2 aromatic heterocycles. The van der Waals surface area contributed by atoms with Gasteiger partial charge in [-0.15, -0.1) is 0 Å². The summed E-state index contributed by atoms with van der Waals surface area (Å²) in [7, 11) is 0. The van der Waals surface area contributed by atoms with Crippen molar-refractivity contribution in [2.24, 2.45) is 0 Å². The Morgan fingerprint density at radius 2 is 2.04 bits per heavy atom. The number of fused-ring (bicyclic) bond motifs is 4. The summed E-state index contributed by atoms with van der Waals surface area (Å²) >= 11 is 0. The predicted molar refractivity (Wildman–Crippen MR) is 91.7 cm³/mol. The first-order chi connectivity index (χ1) is 12.2. The SMILES string of the molecule is Fc1ccc2[nH]c3cc4c(c(F)c3c2c1)CCN4CCn1cncn1. The Labute approximate surface area is 141 Å². The van der Waals surface area contributed by atoms with Crippen molar-refractivity contribution in [3.8, 4) is 0 Å². The van der Waals surface area contributed by atoms with Crippen molar-refractivity contribution >= 4 is 27.5 Å². The molecule has 4 aromatic rings. The monoisotopic (exact) mass is 339 g/mol. The third kappa shape index (κ3) is 2.19. The Balaban J connectivity index is 1.59. The van der Waals surface area contributed by atoms with Crippen molar-refractivity contribution in [3.05, 3.63) is 54.1 Å². The Hall–Kier alpha value is -2.96. The molecule has 0 saturated carbocycles. The maximum atomic E-state index is 15.2. The molecule has 5 nitrogen and oxygen atoms in total. The van der Waals surface area contributed by atoms with Crippen molar-refractivity contribution < 1.29 is 8.78 Å². The number of hydrogen-bond acceptors (Lipinski definition) is 3. The van der Waals surface area contributed by atoms with Crippen LogP contribution < -0.4 is 4.90 Å². The maximum absolute atomic E-state index is 15.2. The van der Waals surface area contributed by atoms with Crippen LogP contribution in [0.2, 0.25) is 0 Å². The highest BCUT2D eigenvalue weighted by Crippen LogP contribution is 2.38. The molecule has 0 amide bonds. The van der Waals surface area contributed by atoms with Gasteiger partial charge in [0.2, 0.25) is 0 Å². The van der Waals surface area contributed by atoms with Crippen LogP contribution >= 0.6 is 0 Å². The number of anilines is 1. The highest BCUT2D eigenvalue weighted by Gasteiger charge is 2.25. The molecular weight excluding hydrogens is 324 g/mol. The van der Waals surface area contributed by atoms with E-state index in [1.807, 2.05) is 6.07 Å². The number of hydrogen-bond donors (Lipinski definition) is 1. The van der Waals surface area contributed by atoms with E-state index in [9.17, 15) is 4.39 Å². The summed E-state index contributed by atoms with van der Waals surface area (Å²) in [5.41, 5.74) is 3.05. The number of rotatable bonds is 3. The molecule has 1 aliphatic heterocycles. The fourth-order valence-electron chi connectivity index (χ4n) is 3.71. The number of nitrogens with zero attached hydrogens (tertiary/aromatic N) is 4. The smallest absolute Gasteiger partial charge is 0.138 e. The van der Waals surface area contributed by atoms with E-state index >= 15 is 4.39 Å². The molecule has 0 spiro atoms. The molecule has 126 valence electrons. The van der Waals surface area contributed by atoms with Crippen LogP contribution in [0.3, 0.4) is 0 Å². The molecular formula is C18H15F2N5. The molecule has 0 fully saturated rings. The number of halogens is 2. The maximum Gasteiger partial charge on any atom is 0.138 e. The van der Waals surface area contributed by atoms with E-state index < -0.39 is 0 Å². The van der Waals surface area contributed by atoms with E-state index in [-0.39, 0.29) is 11.6 Å². The number of H-pyrrole nitrogens is 1. The minimum atomic E-state index is -0.359. The molecule has 0 radical (unpaired) electrons. The summed E-state index contributed by atoms with van der Waals surface area (Å²) < 4.78 is 30.5. The highest BCUT2D eigenvalue weighted by molar-refractivity contribution is 6.09. The van der Waals surface area contributed by atoms with Crippen molar-refractivity contribution in [1.82, 2.24) is 19.7 Å². The summed E-state index contributed by atoms with van der Waals surface area (Å²) in [6.45, 7) is 2.19. The lowest BCUT2D eigenvalue weighted by Gasteiger charge is -2.19. The largest absolute Gasteiger partial charge is 0.369 e. The summed E-state index contributed by atoms with van der Waals surface area (Å²) in [6, 6.07) is 6.40. The molecule has 0 atom stereocenters. The molecule has 2 aromatic carbocycles. The van der Waals surface area contributed by atoms with E-state index in [2.05, 4.69) is 20.0 Å². The molecule has 5 rings (SSSR count). The molecule has 3 heterocycles. The van der Waals surface area contributed by atoms with Gasteiger partial charge < -0.3 is 9.88 Å². The molecule has 0 aliphatic carbocycles. The second-order valence-corrected chi connectivity index (χ2v) is 6.32. The lowest BCUT2D eigenvalue weighted by Crippen LogP contribution is -2.25. The van der Waals surface area contributed by atoms with E-state index in [4.69, 9.17) is 0 Å². The summed E-state index contributed by atoms with van der Waals surface area (Å²) in [5, 5.41) is 5.17. The average molecular weight is 339 g/mol. The summed E-state index contributed by atoms with van der Waals surface area (Å²) in [5.74, 6) is -0.602. The minimum absolute atomic E-state index is 0.243. The van der Waals surface area contributed by atoms with Crippen LogP contribution in [0.4, 0.5) is 14.5 Å². The van der Waals surface area contributed by atoms with Crippen LogP contribution in [0, 0.1) is 11.6 Å². The molecule has 1 aliphatic rings. The van der Waals surface area contributed by atoms with Crippen molar-refractivity contribution in [1.29, 1.82) is 0 Å². The van der Waals surface area contributed by atoms with Gasteiger partial charge in [-0.25, -0.2) is 13.8 Å². The third-order valence-electron chi connectivity index (χ3n) is 4.90.